The largest absolute Gasteiger partial charge is 0.0901 e. The van der Waals surface area contributed by atoms with Crippen LogP contribution in [-0.4, -0.2) is 0 Å². The molecule has 88 valence electrons. The molecular weight excluding hydrogens is 224 g/mol. The van der Waals surface area contributed by atoms with Crippen LogP contribution < -0.4 is 0 Å². The lowest BCUT2D eigenvalue weighted by atomic mass is 10.0. The third kappa shape index (κ3) is 2.92. The van der Waals surface area contributed by atoms with Crippen molar-refractivity contribution in [1.82, 2.24) is 0 Å². The first-order valence-corrected chi connectivity index (χ1v) is 6.85. The van der Waals surface area contributed by atoms with E-state index in [1.165, 1.54) is 26.5 Å². The minimum atomic E-state index is 1.12. The number of rotatable bonds is 3. The van der Waals surface area contributed by atoms with Crippen LogP contribution in [0.1, 0.15) is 23.6 Å². The van der Waals surface area contributed by atoms with E-state index in [-0.39, 0.29) is 0 Å². The van der Waals surface area contributed by atoms with Gasteiger partial charge in [0.25, 0.3) is 0 Å². The van der Waals surface area contributed by atoms with E-state index in [4.69, 9.17) is 0 Å². The standard InChI is InChI=1S/C16H18S/c1-4-16-12(2)10-15(11-13(16)3)17-14-8-6-5-7-9-14/h5-11H,4H2,1-3H3. The summed E-state index contributed by atoms with van der Waals surface area (Å²) < 4.78 is 0. The van der Waals surface area contributed by atoms with E-state index in [0.717, 1.165) is 6.42 Å². The zero-order valence-corrected chi connectivity index (χ0v) is 11.5. The summed E-state index contributed by atoms with van der Waals surface area (Å²) in [6.07, 6.45) is 1.12. The fourth-order valence-corrected chi connectivity index (χ4v) is 3.23. The average Bonchev–Trinajstić information content (AvgIpc) is 2.30. The number of benzene rings is 2. The van der Waals surface area contributed by atoms with Crippen molar-refractivity contribution in [1.29, 1.82) is 0 Å². The molecule has 2 aromatic rings. The Morgan fingerprint density at radius 1 is 0.882 bits per heavy atom. The first kappa shape index (κ1) is 12.3. The van der Waals surface area contributed by atoms with Crippen molar-refractivity contribution in [3.63, 3.8) is 0 Å². The Bertz CT molecular complexity index is 477. The van der Waals surface area contributed by atoms with E-state index < -0.39 is 0 Å². The summed E-state index contributed by atoms with van der Waals surface area (Å²) in [5.41, 5.74) is 4.30. The summed E-state index contributed by atoms with van der Waals surface area (Å²) in [4.78, 5) is 2.64. The van der Waals surface area contributed by atoms with Gasteiger partial charge in [-0.15, -0.1) is 0 Å². The van der Waals surface area contributed by atoms with Gasteiger partial charge in [-0.2, -0.15) is 0 Å². The molecule has 0 saturated carbocycles. The lowest BCUT2D eigenvalue weighted by Gasteiger charge is -2.10. The summed E-state index contributed by atoms with van der Waals surface area (Å²) in [5, 5.41) is 0. The highest BCUT2D eigenvalue weighted by atomic mass is 32.2. The van der Waals surface area contributed by atoms with Crippen LogP contribution in [0.4, 0.5) is 0 Å². The Labute approximate surface area is 108 Å². The molecule has 1 heteroatoms. The molecule has 0 bridgehead atoms. The van der Waals surface area contributed by atoms with Crippen molar-refractivity contribution in [3.05, 3.63) is 59.2 Å². The van der Waals surface area contributed by atoms with E-state index >= 15 is 0 Å². The van der Waals surface area contributed by atoms with Crippen molar-refractivity contribution in [2.45, 2.75) is 37.0 Å². The minimum Gasteiger partial charge on any atom is -0.0901 e. The molecule has 0 aliphatic carbocycles. The smallest absolute Gasteiger partial charge is 0.0127 e. The monoisotopic (exact) mass is 242 g/mol. The lowest BCUT2D eigenvalue weighted by Crippen LogP contribution is -1.92. The summed E-state index contributed by atoms with van der Waals surface area (Å²) in [5.74, 6) is 0. The Kier molecular flexibility index (Phi) is 3.90. The van der Waals surface area contributed by atoms with Gasteiger partial charge in [-0.05, 0) is 61.2 Å². The third-order valence-corrected chi connectivity index (χ3v) is 3.98. The molecule has 0 heterocycles. The molecule has 2 rings (SSSR count). The summed E-state index contributed by atoms with van der Waals surface area (Å²) in [6.45, 7) is 6.64. The average molecular weight is 242 g/mol. The van der Waals surface area contributed by atoms with Gasteiger partial charge in [-0.1, -0.05) is 36.9 Å². The first-order chi connectivity index (χ1) is 8.20. The zero-order chi connectivity index (χ0) is 12.3. The van der Waals surface area contributed by atoms with Crippen molar-refractivity contribution >= 4 is 11.8 Å². The van der Waals surface area contributed by atoms with Crippen LogP contribution in [0.15, 0.2) is 52.3 Å². The van der Waals surface area contributed by atoms with E-state index in [1.807, 2.05) is 11.8 Å². The molecule has 0 saturated heterocycles. The van der Waals surface area contributed by atoms with Gasteiger partial charge in [-0.25, -0.2) is 0 Å². The van der Waals surface area contributed by atoms with Gasteiger partial charge < -0.3 is 0 Å². The van der Waals surface area contributed by atoms with E-state index in [2.05, 4.69) is 63.2 Å². The summed E-state index contributed by atoms with van der Waals surface area (Å²) >= 11 is 1.84. The van der Waals surface area contributed by atoms with Crippen molar-refractivity contribution in [2.24, 2.45) is 0 Å². The highest BCUT2D eigenvalue weighted by Gasteiger charge is 2.04. The number of aryl methyl sites for hydroxylation is 2. The Hall–Kier alpha value is -1.21. The molecular formula is C16H18S. The van der Waals surface area contributed by atoms with Gasteiger partial charge in [0.1, 0.15) is 0 Å². The molecule has 0 nitrogen and oxygen atoms in total. The SMILES string of the molecule is CCc1c(C)cc(Sc2ccccc2)cc1C. The molecule has 0 atom stereocenters. The van der Waals surface area contributed by atoms with Gasteiger partial charge >= 0.3 is 0 Å². The molecule has 0 unspecified atom stereocenters. The van der Waals surface area contributed by atoms with Crippen LogP contribution in [-0.2, 0) is 6.42 Å². The van der Waals surface area contributed by atoms with Gasteiger partial charge in [0.15, 0.2) is 0 Å². The quantitative estimate of drug-likeness (QED) is 0.728. The predicted octanol–water partition coefficient (Wildman–Crippen LogP) is 5.02. The molecule has 0 radical (unpaired) electrons. The van der Waals surface area contributed by atoms with Crippen LogP contribution in [0.3, 0.4) is 0 Å². The maximum absolute atomic E-state index is 2.30. The van der Waals surface area contributed by atoms with Crippen LogP contribution in [0.25, 0.3) is 0 Å². The maximum Gasteiger partial charge on any atom is 0.0127 e. The maximum atomic E-state index is 2.30. The molecule has 0 fully saturated rings. The molecule has 0 spiro atoms. The first-order valence-electron chi connectivity index (χ1n) is 6.03. The minimum absolute atomic E-state index is 1.12. The zero-order valence-electron chi connectivity index (χ0n) is 10.7. The topological polar surface area (TPSA) is 0 Å². The highest BCUT2D eigenvalue weighted by molar-refractivity contribution is 7.99. The second kappa shape index (κ2) is 5.42. The molecule has 0 aliphatic rings. The molecule has 2 aromatic carbocycles. The van der Waals surface area contributed by atoms with Crippen molar-refractivity contribution in [3.8, 4) is 0 Å². The fraction of sp³-hybridized carbons (Fsp3) is 0.250. The van der Waals surface area contributed by atoms with Gasteiger partial charge in [-0.3, -0.25) is 0 Å². The van der Waals surface area contributed by atoms with Crippen molar-refractivity contribution < 1.29 is 0 Å². The molecule has 0 aromatic heterocycles. The summed E-state index contributed by atoms with van der Waals surface area (Å²) in [7, 11) is 0. The highest BCUT2D eigenvalue weighted by Crippen LogP contribution is 2.30. The van der Waals surface area contributed by atoms with E-state index in [1.54, 1.807) is 0 Å². The fourth-order valence-electron chi connectivity index (χ4n) is 2.19. The van der Waals surface area contributed by atoms with Crippen LogP contribution in [0, 0.1) is 13.8 Å². The van der Waals surface area contributed by atoms with Crippen LogP contribution >= 0.6 is 11.8 Å². The predicted molar refractivity (Wildman–Crippen MR) is 75.9 cm³/mol. The Morgan fingerprint density at radius 3 is 2.00 bits per heavy atom. The van der Waals surface area contributed by atoms with Crippen LogP contribution in [0.5, 0.6) is 0 Å². The van der Waals surface area contributed by atoms with Crippen LogP contribution in [0.2, 0.25) is 0 Å². The van der Waals surface area contributed by atoms with E-state index in [0.29, 0.717) is 0 Å². The lowest BCUT2D eigenvalue weighted by molar-refractivity contribution is 1.06. The van der Waals surface area contributed by atoms with E-state index in [9.17, 15) is 0 Å². The molecule has 0 N–H and O–H groups in total. The normalized spacial score (nSPS) is 10.5. The van der Waals surface area contributed by atoms with Crippen molar-refractivity contribution in [2.75, 3.05) is 0 Å². The Balaban J connectivity index is 2.29. The van der Waals surface area contributed by atoms with Gasteiger partial charge in [0, 0.05) is 9.79 Å². The molecule has 17 heavy (non-hydrogen) atoms. The molecule has 0 amide bonds. The number of hydrogen-bond donors (Lipinski definition) is 0. The Morgan fingerprint density at radius 2 is 1.47 bits per heavy atom. The number of hydrogen-bond acceptors (Lipinski definition) is 1. The second-order valence-corrected chi connectivity index (χ2v) is 5.45. The van der Waals surface area contributed by atoms with Gasteiger partial charge in [0.2, 0.25) is 0 Å². The van der Waals surface area contributed by atoms with Gasteiger partial charge in [0.05, 0.1) is 0 Å². The molecule has 0 aliphatic heterocycles. The summed E-state index contributed by atoms with van der Waals surface area (Å²) in [6, 6.07) is 15.1. The third-order valence-electron chi connectivity index (χ3n) is 3.00. The second-order valence-electron chi connectivity index (χ2n) is 4.30.